The number of ether oxygens (including phenoxy) is 3. The van der Waals surface area contributed by atoms with E-state index in [2.05, 4.69) is 42.7 Å². The molecule has 0 atom stereocenters. The van der Waals surface area contributed by atoms with E-state index in [9.17, 15) is 0 Å². The Morgan fingerprint density at radius 3 is 2.50 bits per heavy atom. The lowest BCUT2D eigenvalue weighted by atomic mass is 10.0. The largest absolute Gasteiger partial charge is 0.497 e. The lowest BCUT2D eigenvalue weighted by molar-refractivity contribution is 0.278. The fourth-order valence-corrected chi connectivity index (χ4v) is 3.82. The van der Waals surface area contributed by atoms with Gasteiger partial charge in [-0.3, -0.25) is 0 Å². The van der Waals surface area contributed by atoms with Crippen LogP contribution in [0.2, 0.25) is 0 Å². The minimum absolute atomic E-state index is 0.388. The summed E-state index contributed by atoms with van der Waals surface area (Å²) in [5.74, 6) is 3.84. The summed E-state index contributed by atoms with van der Waals surface area (Å²) in [6.45, 7) is 6.22. The van der Waals surface area contributed by atoms with Gasteiger partial charge in [-0.05, 0) is 48.2 Å². The quantitative estimate of drug-likeness (QED) is 0.280. The van der Waals surface area contributed by atoms with E-state index >= 15 is 0 Å². The highest BCUT2D eigenvalue weighted by atomic mass is 16.5. The summed E-state index contributed by atoms with van der Waals surface area (Å²) >= 11 is 0. The van der Waals surface area contributed by atoms with Gasteiger partial charge in [-0.25, -0.2) is 4.98 Å². The summed E-state index contributed by atoms with van der Waals surface area (Å²) in [5, 5.41) is 0. The molecule has 0 saturated carbocycles. The van der Waals surface area contributed by atoms with Gasteiger partial charge in [0.15, 0.2) is 0 Å². The highest BCUT2D eigenvalue weighted by Crippen LogP contribution is 2.26. The van der Waals surface area contributed by atoms with Crippen LogP contribution in [0, 0.1) is 0 Å². The van der Waals surface area contributed by atoms with Crippen molar-refractivity contribution in [3.8, 4) is 17.2 Å². The van der Waals surface area contributed by atoms with Crippen molar-refractivity contribution in [3.05, 3.63) is 84.2 Å². The number of benzene rings is 3. The molecule has 0 aliphatic heterocycles. The van der Waals surface area contributed by atoms with Crippen LogP contribution in [-0.4, -0.2) is 23.3 Å². The molecular weight excluding hydrogens is 400 g/mol. The zero-order valence-electron chi connectivity index (χ0n) is 19.0. The van der Waals surface area contributed by atoms with Gasteiger partial charge in [-0.1, -0.05) is 50.2 Å². The number of hydrogen-bond donors (Lipinski definition) is 0. The van der Waals surface area contributed by atoms with Crippen LogP contribution in [0.4, 0.5) is 0 Å². The van der Waals surface area contributed by atoms with Crippen LogP contribution in [0.15, 0.2) is 72.8 Å². The monoisotopic (exact) mass is 430 g/mol. The Kier molecular flexibility index (Phi) is 6.95. The van der Waals surface area contributed by atoms with E-state index in [1.165, 1.54) is 5.56 Å². The molecule has 3 aromatic carbocycles. The molecule has 0 radical (unpaired) electrons. The summed E-state index contributed by atoms with van der Waals surface area (Å²) in [7, 11) is 1.65. The van der Waals surface area contributed by atoms with Crippen molar-refractivity contribution in [2.75, 3.05) is 13.7 Å². The van der Waals surface area contributed by atoms with Gasteiger partial charge in [0.05, 0.1) is 24.8 Å². The molecule has 0 aliphatic rings. The molecule has 166 valence electrons. The van der Waals surface area contributed by atoms with Crippen LogP contribution in [0.3, 0.4) is 0 Å². The molecule has 4 aromatic rings. The van der Waals surface area contributed by atoms with Crippen LogP contribution in [0.5, 0.6) is 17.2 Å². The molecule has 0 amide bonds. The van der Waals surface area contributed by atoms with Gasteiger partial charge in [0.25, 0.3) is 0 Å². The summed E-state index contributed by atoms with van der Waals surface area (Å²) in [6, 6.07) is 24.1. The molecule has 4 rings (SSSR count). The normalized spacial score (nSPS) is 11.1. The highest BCUT2D eigenvalue weighted by Gasteiger charge is 2.12. The Bertz CT molecular complexity index is 1170. The second-order valence-electron chi connectivity index (χ2n) is 8.03. The highest BCUT2D eigenvalue weighted by molar-refractivity contribution is 5.75. The van der Waals surface area contributed by atoms with E-state index < -0.39 is 0 Å². The first-order valence-electron chi connectivity index (χ1n) is 11.1. The van der Waals surface area contributed by atoms with Crippen molar-refractivity contribution in [2.45, 2.75) is 39.3 Å². The smallest absolute Gasteiger partial charge is 0.147 e. The van der Waals surface area contributed by atoms with E-state index in [4.69, 9.17) is 19.2 Å². The third-order valence-electron chi connectivity index (χ3n) is 5.47. The first-order valence-corrected chi connectivity index (χ1v) is 11.1. The van der Waals surface area contributed by atoms with Gasteiger partial charge < -0.3 is 18.8 Å². The van der Waals surface area contributed by atoms with E-state index in [1.807, 2.05) is 48.5 Å². The van der Waals surface area contributed by atoms with Gasteiger partial charge in [-0.15, -0.1) is 0 Å². The number of methoxy groups -OCH3 is 1. The molecule has 5 heteroatoms. The molecule has 0 N–H and O–H groups in total. The van der Waals surface area contributed by atoms with Crippen molar-refractivity contribution in [2.24, 2.45) is 0 Å². The van der Waals surface area contributed by atoms with E-state index in [1.54, 1.807) is 7.11 Å². The summed E-state index contributed by atoms with van der Waals surface area (Å²) in [4.78, 5) is 4.81. The van der Waals surface area contributed by atoms with Crippen LogP contribution in [-0.2, 0) is 13.2 Å². The molecule has 1 heterocycles. The Morgan fingerprint density at radius 2 is 1.66 bits per heavy atom. The number of nitrogens with zero attached hydrogens (tertiary/aromatic N) is 2. The predicted molar refractivity (Wildman–Crippen MR) is 128 cm³/mol. The van der Waals surface area contributed by atoms with Gasteiger partial charge in [-0.2, -0.15) is 0 Å². The number of para-hydroxylation sites is 3. The Labute approximate surface area is 189 Å². The number of aryl methyl sites for hydroxylation is 1. The zero-order chi connectivity index (χ0) is 22.3. The van der Waals surface area contributed by atoms with Crippen molar-refractivity contribution in [1.82, 2.24) is 9.55 Å². The maximum atomic E-state index is 6.12. The number of hydrogen-bond acceptors (Lipinski definition) is 4. The fraction of sp³-hybridized carbons (Fsp3) is 0.296. The first kappa shape index (κ1) is 21.8. The van der Waals surface area contributed by atoms with Crippen LogP contribution in [0.1, 0.15) is 37.6 Å². The lowest BCUT2D eigenvalue weighted by Gasteiger charge is -2.15. The van der Waals surface area contributed by atoms with Gasteiger partial charge in [0, 0.05) is 12.6 Å². The van der Waals surface area contributed by atoms with E-state index in [0.717, 1.165) is 47.1 Å². The summed E-state index contributed by atoms with van der Waals surface area (Å²) < 4.78 is 19.7. The number of rotatable bonds is 10. The van der Waals surface area contributed by atoms with Crippen molar-refractivity contribution in [1.29, 1.82) is 0 Å². The van der Waals surface area contributed by atoms with Gasteiger partial charge in [0.2, 0.25) is 0 Å². The molecule has 0 saturated heterocycles. The Morgan fingerprint density at radius 1 is 0.875 bits per heavy atom. The van der Waals surface area contributed by atoms with Gasteiger partial charge >= 0.3 is 0 Å². The molecule has 32 heavy (non-hydrogen) atoms. The average molecular weight is 431 g/mol. The van der Waals surface area contributed by atoms with E-state index in [-0.39, 0.29) is 0 Å². The SMILES string of the molecule is COc1cccc(OCc2nc3ccccc3n2CCCOc2ccccc2C(C)C)c1. The average Bonchev–Trinajstić information content (AvgIpc) is 3.18. The summed E-state index contributed by atoms with van der Waals surface area (Å²) in [6.07, 6.45) is 0.874. The second-order valence-corrected chi connectivity index (χ2v) is 8.03. The summed E-state index contributed by atoms with van der Waals surface area (Å²) in [5.41, 5.74) is 3.33. The molecule has 0 fully saturated rings. The van der Waals surface area contributed by atoms with Crippen LogP contribution in [0.25, 0.3) is 11.0 Å². The lowest BCUT2D eigenvalue weighted by Crippen LogP contribution is -2.10. The van der Waals surface area contributed by atoms with E-state index in [0.29, 0.717) is 19.1 Å². The topological polar surface area (TPSA) is 45.5 Å². The minimum Gasteiger partial charge on any atom is -0.497 e. The molecule has 5 nitrogen and oxygen atoms in total. The molecule has 1 aromatic heterocycles. The number of aromatic nitrogens is 2. The van der Waals surface area contributed by atoms with Crippen molar-refractivity contribution in [3.63, 3.8) is 0 Å². The third-order valence-corrected chi connectivity index (χ3v) is 5.47. The third kappa shape index (κ3) is 5.05. The molecule has 0 unspecified atom stereocenters. The molecule has 0 aliphatic carbocycles. The predicted octanol–water partition coefficient (Wildman–Crippen LogP) is 6.22. The van der Waals surface area contributed by atoms with Gasteiger partial charge in [0.1, 0.15) is 29.7 Å². The van der Waals surface area contributed by atoms with Crippen molar-refractivity contribution < 1.29 is 14.2 Å². The number of imidazole rings is 1. The second kappa shape index (κ2) is 10.2. The first-order chi connectivity index (χ1) is 15.7. The maximum absolute atomic E-state index is 6.12. The standard InChI is InChI=1S/C27H30N2O3/c1-20(2)23-12-4-7-15-26(23)31-17-9-16-29-25-14-6-5-13-24(25)28-27(29)19-32-22-11-8-10-21(18-22)30-3/h4-8,10-15,18,20H,9,16-17,19H2,1-3H3. The Hall–Kier alpha value is -3.47. The zero-order valence-corrected chi connectivity index (χ0v) is 19.0. The van der Waals surface area contributed by atoms with Crippen LogP contribution >= 0.6 is 0 Å². The molecule has 0 bridgehead atoms. The fourth-order valence-electron chi connectivity index (χ4n) is 3.82. The minimum atomic E-state index is 0.388. The van der Waals surface area contributed by atoms with Crippen molar-refractivity contribution >= 4 is 11.0 Å². The number of fused-ring (bicyclic) bond motifs is 1. The molecule has 0 spiro atoms. The van der Waals surface area contributed by atoms with Crippen LogP contribution < -0.4 is 14.2 Å². The maximum Gasteiger partial charge on any atom is 0.147 e. The Balaban J connectivity index is 1.44. The molecular formula is C27H30N2O3.